The molecule has 1 fully saturated rings. The first kappa shape index (κ1) is 13.0. The molecule has 3 N–H and O–H groups in total. The molecule has 1 aromatic heterocycles. The smallest absolute Gasteiger partial charge is 0.248 e. The van der Waals surface area contributed by atoms with Gasteiger partial charge in [-0.2, -0.15) is 0 Å². The molecule has 2 amide bonds. The van der Waals surface area contributed by atoms with Crippen molar-refractivity contribution in [1.82, 2.24) is 10.2 Å². The summed E-state index contributed by atoms with van der Waals surface area (Å²) in [7, 11) is 0. The number of piperazine rings is 1. The predicted molar refractivity (Wildman–Crippen MR) is 70.0 cm³/mol. The van der Waals surface area contributed by atoms with Gasteiger partial charge in [-0.15, -0.1) is 11.3 Å². The van der Waals surface area contributed by atoms with E-state index in [1.807, 2.05) is 17.5 Å². The van der Waals surface area contributed by atoms with Gasteiger partial charge in [-0.25, -0.2) is 0 Å². The Hall–Kier alpha value is -1.40. The van der Waals surface area contributed by atoms with Gasteiger partial charge >= 0.3 is 0 Å². The summed E-state index contributed by atoms with van der Waals surface area (Å²) in [6.45, 7) is 3.13. The van der Waals surface area contributed by atoms with Gasteiger partial charge in [0.15, 0.2) is 0 Å². The maximum absolute atomic E-state index is 12.3. The van der Waals surface area contributed by atoms with E-state index in [0.29, 0.717) is 19.6 Å². The third kappa shape index (κ3) is 2.39. The van der Waals surface area contributed by atoms with Crippen molar-refractivity contribution in [2.45, 2.75) is 13.0 Å². The minimum absolute atomic E-state index is 0.0502. The van der Waals surface area contributed by atoms with E-state index in [9.17, 15) is 9.59 Å². The highest BCUT2D eigenvalue weighted by Crippen LogP contribution is 2.28. The van der Waals surface area contributed by atoms with Crippen molar-refractivity contribution in [2.75, 3.05) is 19.6 Å². The van der Waals surface area contributed by atoms with Crippen LogP contribution in [0.5, 0.6) is 0 Å². The quantitative estimate of drug-likeness (QED) is 0.829. The average Bonchev–Trinajstić information content (AvgIpc) is 2.90. The molecule has 1 aromatic rings. The van der Waals surface area contributed by atoms with Crippen molar-refractivity contribution in [3.8, 4) is 0 Å². The maximum Gasteiger partial charge on any atom is 0.248 e. The van der Waals surface area contributed by atoms with Crippen molar-refractivity contribution in [3.63, 3.8) is 0 Å². The Balaban J connectivity index is 2.26. The molecule has 2 atom stereocenters. The molecular formula is C12H17N3O2S. The van der Waals surface area contributed by atoms with Crippen LogP contribution < -0.4 is 11.1 Å². The summed E-state index contributed by atoms with van der Waals surface area (Å²) < 4.78 is 0. The lowest BCUT2D eigenvalue weighted by Gasteiger charge is -2.35. The summed E-state index contributed by atoms with van der Waals surface area (Å²) in [5.74, 6) is -0.412. The highest BCUT2D eigenvalue weighted by Gasteiger charge is 2.36. The molecule has 0 radical (unpaired) electrons. The minimum atomic E-state index is -0.500. The molecular weight excluding hydrogens is 250 g/mol. The SMILES string of the molecule is CC(CN)C(=O)N1CCNC(=O)C1c1cccs1. The molecule has 2 unspecified atom stereocenters. The highest BCUT2D eigenvalue weighted by atomic mass is 32.1. The van der Waals surface area contributed by atoms with Gasteiger partial charge in [0.2, 0.25) is 11.8 Å². The van der Waals surface area contributed by atoms with Crippen molar-refractivity contribution in [3.05, 3.63) is 22.4 Å². The van der Waals surface area contributed by atoms with Gasteiger partial charge in [-0.05, 0) is 11.4 Å². The second-order valence-corrected chi connectivity index (χ2v) is 5.36. The first-order valence-corrected chi connectivity index (χ1v) is 6.84. The fraction of sp³-hybridized carbons (Fsp3) is 0.500. The van der Waals surface area contributed by atoms with Crippen LogP contribution in [0, 0.1) is 5.92 Å². The molecule has 6 heteroatoms. The summed E-state index contributed by atoms with van der Waals surface area (Å²) in [6.07, 6.45) is 0. The Kier molecular flexibility index (Phi) is 3.98. The van der Waals surface area contributed by atoms with Gasteiger partial charge in [0.1, 0.15) is 6.04 Å². The molecule has 2 rings (SSSR count). The number of nitrogens with one attached hydrogen (secondary N) is 1. The van der Waals surface area contributed by atoms with E-state index in [1.54, 1.807) is 11.8 Å². The first-order valence-electron chi connectivity index (χ1n) is 5.96. The van der Waals surface area contributed by atoms with Crippen molar-refractivity contribution < 1.29 is 9.59 Å². The lowest BCUT2D eigenvalue weighted by Crippen LogP contribution is -2.53. The molecule has 1 aliphatic rings. The molecule has 18 heavy (non-hydrogen) atoms. The lowest BCUT2D eigenvalue weighted by molar-refractivity contribution is -0.145. The Morgan fingerprint density at radius 1 is 1.72 bits per heavy atom. The molecule has 0 aromatic carbocycles. The second-order valence-electron chi connectivity index (χ2n) is 4.38. The number of hydrogen-bond donors (Lipinski definition) is 2. The second kappa shape index (κ2) is 5.49. The molecule has 1 aliphatic heterocycles. The van der Waals surface area contributed by atoms with Crippen LogP contribution in [-0.2, 0) is 9.59 Å². The monoisotopic (exact) mass is 267 g/mol. The molecule has 5 nitrogen and oxygen atoms in total. The van der Waals surface area contributed by atoms with Gasteiger partial charge < -0.3 is 16.0 Å². The predicted octanol–water partition coefficient (Wildman–Crippen LogP) is 0.342. The van der Waals surface area contributed by atoms with Crippen LogP contribution in [0.3, 0.4) is 0 Å². The molecule has 98 valence electrons. The number of carbonyl (C=O) groups is 2. The van der Waals surface area contributed by atoms with Crippen LogP contribution in [-0.4, -0.2) is 36.3 Å². The topological polar surface area (TPSA) is 75.4 Å². The van der Waals surface area contributed by atoms with E-state index in [0.717, 1.165) is 4.88 Å². The van der Waals surface area contributed by atoms with E-state index < -0.39 is 6.04 Å². The third-order valence-electron chi connectivity index (χ3n) is 3.08. The maximum atomic E-state index is 12.3. The zero-order valence-electron chi connectivity index (χ0n) is 10.3. The van der Waals surface area contributed by atoms with E-state index in [-0.39, 0.29) is 17.7 Å². The van der Waals surface area contributed by atoms with E-state index in [1.165, 1.54) is 11.3 Å². The fourth-order valence-corrected chi connectivity index (χ4v) is 2.85. The van der Waals surface area contributed by atoms with Crippen molar-refractivity contribution >= 4 is 23.2 Å². The molecule has 2 heterocycles. The third-order valence-corrected chi connectivity index (χ3v) is 4.01. The summed E-state index contributed by atoms with van der Waals surface area (Å²) in [5, 5.41) is 4.71. The Bertz CT molecular complexity index is 433. The molecule has 0 aliphatic carbocycles. The normalized spacial score (nSPS) is 21.6. The van der Waals surface area contributed by atoms with Gasteiger partial charge in [-0.1, -0.05) is 13.0 Å². The van der Waals surface area contributed by atoms with Crippen molar-refractivity contribution in [1.29, 1.82) is 0 Å². The summed E-state index contributed by atoms with van der Waals surface area (Å²) in [5.41, 5.74) is 5.53. The van der Waals surface area contributed by atoms with Crippen LogP contribution in [0.4, 0.5) is 0 Å². The Labute approximate surface area is 110 Å². The van der Waals surface area contributed by atoms with Crippen LogP contribution in [0.2, 0.25) is 0 Å². The van der Waals surface area contributed by atoms with Crippen LogP contribution in [0.15, 0.2) is 17.5 Å². The van der Waals surface area contributed by atoms with E-state index in [4.69, 9.17) is 5.73 Å². The summed E-state index contributed by atoms with van der Waals surface area (Å²) >= 11 is 1.49. The Morgan fingerprint density at radius 3 is 3.11 bits per heavy atom. The molecule has 0 spiro atoms. The highest BCUT2D eigenvalue weighted by molar-refractivity contribution is 7.10. The zero-order valence-corrected chi connectivity index (χ0v) is 11.1. The van der Waals surface area contributed by atoms with Crippen molar-refractivity contribution in [2.24, 2.45) is 11.7 Å². The van der Waals surface area contributed by atoms with Gasteiger partial charge in [0.25, 0.3) is 0 Å². The van der Waals surface area contributed by atoms with Crippen LogP contribution >= 0.6 is 11.3 Å². The minimum Gasteiger partial charge on any atom is -0.352 e. The number of carbonyl (C=O) groups excluding carboxylic acids is 2. The standard InChI is InChI=1S/C12H17N3O2S/c1-8(7-13)12(17)15-5-4-14-11(16)10(15)9-3-2-6-18-9/h2-3,6,8,10H,4-5,7,13H2,1H3,(H,14,16). The van der Waals surface area contributed by atoms with Gasteiger partial charge in [-0.3, -0.25) is 9.59 Å². The number of amides is 2. The van der Waals surface area contributed by atoms with Gasteiger partial charge in [0.05, 0.1) is 0 Å². The lowest BCUT2D eigenvalue weighted by atomic mass is 10.1. The number of thiophene rings is 1. The number of nitrogens with two attached hydrogens (primary N) is 1. The molecule has 1 saturated heterocycles. The molecule has 0 saturated carbocycles. The van der Waals surface area contributed by atoms with E-state index in [2.05, 4.69) is 5.32 Å². The summed E-state index contributed by atoms with van der Waals surface area (Å²) in [4.78, 5) is 26.8. The van der Waals surface area contributed by atoms with E-state index >= 15 is 0 Å². The number of nitrogens with zero attached hydrogens (tertiary/aromatic N) is 1. The fourth-order valence-electron chi connectivity index (χ4n) is 2.02. The van der Waals surface area contributed by atoms with Crippen LogP contribution in [0.25, 0.3) is 0 Å². The molecule has 0 bridgehead atoms. The van der Waals surface area contributed by atoms with Crippen LogP contribution in [0.1, 0.15) is 17.8 Å². The Morgan fingerprint density at radius 2 is 2.50 bits per heavy atom. The first-order chi connectivity index (χ1) is 8.65. The largest absolute Gasteiger partial charge is 0.352 e. The average molecular weight is 267 g/mol. The summed E-state index contributed by atoms with van der Waals surface area (Å²) in [6, 6.07) is 3.27. The number of hydrogen-bond acceptors (Lipinski definition) is 4. The zero-order chi connectivity index (χ0) is 13.1. The number of rotatable bonds is 3. The van der Waals surface area contributed by atoms with Gasteiger partial charge in [0, 0.05) is 30.4 Å².